The van der Waals surface area contributed by atoms with Crippen molar-refractivity contribution in [2.24, 2.45) is 0 Å². The van der Waals surface area contributed by atoms with E-state index in [-0.39, 0.29) is 18.1 Å². The summed E-state index contributed by atoms with van der Waals surface area (Å²) in [4.78, 5) is 20.6. The van der Waals surface area contributed by atoms with E-state index in [2.05, 4.69) is 15.1 Å². The second-order valence-corrected chi connectivity index (χ2v) is 6.22. The van der Waals surface area contributed by atoms with E-state index in [1.165, 1.54) is 10.7 Å². The molecule has 146 valence electrons. The fourth-order valence-electron chi connectivity index (χ4n) is 2.81. The lowest BCUT2D eigenvalue weighted by Crippen LogP contribution is -2.10. The van der Waals surface area contributed by atoms with E-state index in [4.69, 9.17) is 15.2 Å². The van der Waals surface area contributed by atoms with Crippen molar-refractivity contribution >= 4 is 17.6 Å². The Morgan fingerprint density at radius 2 is 1.86 bits per heavy atom. The molecule has 0 radical (unpaired) electrons. The molecule has 0 unspecified atom stereocenters. The van der Waals surface area contributed by atoms with E-state index in [1.54, 1.807) is 6.92 Å². The van der Waals surface area contributed by atoms with Gasteiger partial charge in [0.05, 0.1) is 6.61 Å². The maximum absolute atomic E-state index is 12.1. The van der Waals surface area contributed by atoms with E-state index in [9.17, 15) is 4.79 Å². The number of aromatic nitrogens is 4. The number of nitrogens with two attached hydrogens (primary N) is 1. The largest absolute Gasteiger partial charge is 0.489 e. The van der Waals surface area contributed by atoms with E-state index < -0.39 is 5.97 Å². The SMILES string of the molecule is CCOC(=O)c1cnc(N)n2nc(-c3ccc(OCc4ccccc4)cc3)nc12. The maximum Gasteiger partial charge on any atom is 0.343 e. The molecule has 8 nitrogen and oxygen atoms in total. The van der Waals surface area contributed by atoms with E-state index >= 15 is 0 Å². The Balaban J connectivity index is 1.59. The Morgan fingerprint density at radius 1 is 1.10 bits per heavy atom. The predicted octanol–water partition coefficient (Wildman–Crippen LogP) is 3.13. The van der Waals surface area contributed by atoms with Crippen LogP contribution in [0.1, 0.15) is 22.8 Å². The zero-order valence-corrected chi connectivity index (χ0v) is 15.8. The third kappa shape index (κ3) is 3.86. The fourth-order valence-corrected chi connectivity index (χ4v) is 2.81. The molecule has 0 aliphatic heterocycles. The summed E-state index contributed by atoms with van der Waals surface area (Å²) in [5.41, 5.74) is 8.25. The second kappa shape index (κ2) is 7.97. The molecule has 0 amide bonds. The molecule has 0 aliphatic rings. The van der Waals surface area contributed by atoms with Crippen LogP contribution in [0.15, 0.2) is 60.8 Å². The van der Waals surface area contributed by atoms with Gasteiger partial charge in [-0.1, -0.05) is 30.3 Å². The zero-order valence-electron chi connectivity index (χ0n) is 15.8. The Hall–Kier alpha value is -3.94. The molecular weight excluding hydrogens is 370 g/mol. The fraction of sp³-hybridized carbons (Fsp3) is 0.143. The van der Waals surface area contributed by atoms with Crippen LogP contribution in [0.5, 0.6) is 5.75 Å². The minimum Gasteiger partial charge on any atom is -0.489 e. The lowest BCUT2D eigenvalue weighted by atomic mass is 10.2. The van der Waals surface area contributed by atoms with Gasteiger partial charge in [-0.2, -0.15) is 4.52 Å². The average molecular weight is 389 g/mol. The zero-order chi connectivity index (χ0) is 20.2. The second-order valence-electron chi connectivity index (χ2n) is 6.22. The van der Waals surface area contributed by atoms with Gasteiger partial charge < -0.3 is 15.2 Å². The number of rotatable bonds is 6. The van der Waals surface area contributed by atoms with Crippen LogP contribution in [-0.2, 0) is 11.3 Å². The Morgan fingerprint density at radius 3 is 2.59 bits per heavy atom. The van der Waals surface area contributed by atoms with E-state index in [1.807, 2.05) is 54.6 Å². The molecular formula is C21H19N5O3. The van der Waals surface area contributed by atoms with Gasteiger partial charge in [0.2, 0.25) is 5.95 Å². The van der Waals surface area contributed by atoms with Crippen molar-refractivity contribution in [3.05, 3.63) is 71.9 Å². The van der Waals surface area contributed by atoms with Crippen molar-refractivity contribution < 1.29 is 14.3 Å². The molecule has 0 saturated carbocycles. The molecule has 8 heteroatoms. The third-order valence-electron chi connectivity index (χ3n) is 4.25. The van der Waals surface area contributed by atoms with Gasteiger partial charge in [0.25, 0.3) is 0 Å². The first-order chi connectivity index (χ1) is 14.2. The number of hydrogen-bond donors (Lipinski definition) is 1. The molecule has 0 spiro atoms. The smallest absolute Gasteiger partial charge is 0.343 e. The molecule has 0 fully saturated rings. The quantitative estimate of drug-likeness (QED) is 0.505. The van der Waals surface area contributed by atoms with Crippen LogP contribution in [0.4, 0.5) is 5.95 Å². The Bertz CT molecular complexity index is 1140. The molecule has 0 aliphatic carbocycles. The standard InChI is InChI=1S/C21H19N5O3/c1-2-28-20(27)17-12-23-21(22)26-19(17)24-18(25-26)15-8-10-16(11-9-15)29-13-14-6-4-3-5-7-14/h3-12H,2,13H2,1H3,(H2,22,23). The summed E-state index contributed by atoms with van der Waals surface area (Å²) in [6.07, 6.45) is 1.35. The molecule has 29 heavy (non-hydrogen) atoms. The van der Waals surface area contributed by atoms with E-state index in [0.717, 1.165) is 16.9 Å². The van der Waals surface area contributed by atoms with Crippen molar-refractivity contribution in [3.63, 3.8) is 0 Å². The van der Waals surface area contributed by atoms with Gasteiger partial charge in [-0.3, -0.25) is 0 Å². The monoisotopic (exact) mass is 389 g/mol. The van der Waals surface area contributed by atoms with Crippen LogP contribution in [0.2, 0.25) is 0 Å². The van der Waals surface area contributed by atoms with Crippen LogP contribution in [0, 0.1) is 0 Å². The van der Waals surface area contributed by atoms with Gasteiger partial charge in [0.1, 0.15) is 17.9 Å². The van der Waals surface area contributed by atoms with Gasteiger partial charge in [0.15, 0.2) is 11.5 Å². The molecule has 0 bridgehead atoms. The number of carbonyl (C=O) groups is 1. The molecule has 4 aromatic rings. The summed E-state index contributed by atoms with van der Waals surface area (Å²) in [5.74, 6) is 0.767. The Kier molecular flexibility index (Phi) is 5.07. The number of carbonyl (C=O) groups excluding carboxylic acids is 1. The molecule has 2 aromatic carbocycles. The predicted molar refractivity (Wildman–Crippen MR) is 107 cm³/mol. The normalized spacial score (nSPS) is 10.8. The summed E-state index contributed by atoms with van der Waals surface area (Å²) in [7, 11) is 0. The van der Waals surface area contributed by atoms with E-state index in [0.29, 0.717) is 18.1 Å². The number of esters is 1. The van der Waals surface area contributed by atoms with Crippen molar-refractivity contribution in [1.82, 2.24) is 19.6 Å². The first kappa shape index (κ1) is 18.4. The minimum atomic E-state index is -0.520. The van der Waals surface area contributed by atoms with Crippen LogP contribution in [0.3, 0.4) is 0 Å². The van der Waals surface area contributed by atoms with Gasteiger partial charge in [-0.05, 0) is 36.8 Å². The first-order valence-electron chi connectivity index (χ1n) is 9.11. The van der Waals surface area contributed by atoms with Crippen LogP contribution in [0.25, 0.3) is 17.0 Å². The highest BCUT2D eigenvalue weighted by molar-refractivity contribution is 5.95. The van der Waals surface area contributed by atoms with Crippen molar-refractivity contribution in [2.75, 3.05) is 12.3 Å². The van der Waals surface area contributed by atoms with Crippen LogP contribution >= 0.6 is 0 Å². The molecule has 2 heterocycles. The maximum atomic E-state index is 12.1. The summed E-state index contributed by atoms with van der Waals surface area (Å²) in [6, 6.07) is 17.3. The lowest BCUT2D eigenvalue weighted by molar-refractivity contribution is 0.0527. The van der Waals surface area contributed by atoms with Crippen molar-refractivity contribution in [3.8, 4) is 17.1 Å². The number of benzene rings is 2. The summed E-state index contributed by atoms with van der Waals surface area (Å²) in [6.45, 7) is 2.47. The Labute approximate surface area is 166 Å². The molecule has 0 atom stereocenters. The third-order valence-corrected chi connectivity index (χ3v) is 4.25. The molecule has 0 saturated heterocycles. The number of nitrogen functional groups attached to an aromatic ring is 1. The number of anilines is 1. The van der Waals surface area contributed by atoms with Crippen molar-refractivity contribution in [2.45, 2.75) is 13.5 Å². The molecule has 4 rings (SSSR count). The van der Waals surface area contributed by atoms with Crippen LogP contribution < -0.4 is 10.5 Å². The van der Waals surface area contributed by atoms with Crippen LogP contribution in [-0.4, -0.2) is 32.2 Å². The molecule has 2 aromatic heterocycles. The van der Waals surface area contributed by atoms with Gasteiger partial charge in [-0.25, -0.2) is 14.8 Å². The van der Waals surface area contributed by atoms with Gasteiger partial charge in [0, 0.05) is 11.8 Å². The number of ether oxygens (including phenoxy) is 2. The van der Waals surface area contributed by atoms with Gasteiger partial charge in [-0.15, -0.1) is 5.10 Å². The highest BCUT2D eigenvalue weighted by atomic mass is 16.5. The minimum absolute atomic E-state index is 0.134. The first-order valence-corrected chi connectivity index (χ1v) is 9.11. The highest BCUT2D eigenvalue weighted by Crippen LogP contribution is 2.23. The number of nitrogens with zero attached hydrogens (tertiary/aromatic N) is 4. The summed E-state index contributed by atoms with van der Waals surface area (Å²) in [5, 5.41) is 4.38. The average Bonchev–Trinajstić information content (AvgIpc) is 3.20. The highest BCUT2D eigenvalue weighted by Gasteiger charge is 2.18. The summed E-state index contributed by atoms with van der Waals surface area (Å²) < 4.78 is 12.2. The number of hydrogen-bond acceptors (Lipinski definition) is 7. The lowest BCUT2D eigenvalue weighted by Gasteiger charge is -2.06. The summed E-state index contributed by atoms with van der Waals surface area (Å²) >= 11 is 0. The van der Waals surface area contributed by atoms with Crippen molar-refractivity contribution in [1.29, 1.82) is 0 Å². The topological polar surface area (TPSA) is 105 Å². The molecule has 2 N–H and O–H groups in total. The van der Waals surface area contributed by atoms with Gasteiger partial charge >= 0.3 is 5.97 Å². The number of fused-ring (bicyclic) bond motifs is 1.